The van der Waals surface area contributed by atoms with Gasteiger partial charge in [0.1, 0.15) is 6.10 Å². The lowest BCUT2D eigenvalue weighted by Gasteiger charge is -2.30. The molecule has 2 fully saturated rings. The van der Waals surface area contributed by atoms with Gasteiger partial charge in [-0.3, -0.25) is 4.79 Å². The van der Waals surface area contributed by atoms with E-state index in [-0.39, 0.29) is 12.0 Å². The molecule has 0 saturated carbocycles. The van der Waals surface area contributed by atoms with Crippen molar-refractivity contribution < 1.29 is 14.3 Å². The first-order chi connectivity index (χ1) is 10.2. The third kappa shape index (κ3) is 3.48. The maximum Gasteiger partial charge on any atom is 0.253 e. The van der Waals surface area contributed by atoms with E-state index in [2.05, 4.69) is 10.2 Å². The lowest BCUT2D eigenvalue weighted by atomic mass is 10.2. The molecule has 2 aliphatic rings. The van der Waals surface area contributed by atoms with Gasteiger partial charge in [0, 0.05) is 24.7 Å². The van der Waals surface area contributed by atoms with Crippen LogP contribution in [0.3, 0.4) is 0 Å². The molecule has 1 atom stereocenters. The monoisotopic (exact) mass is 310 g/mol. The maximum absolute atomic E-state index is 12.2. The average Bonchev–Trinajstić information content (AvgIpc) is 3.04. The van der Waals surface area contributed by atoms with Gasteiger partial charge in [-0.1, -0.05) is 11.6 Å². The van der Waals surface area contributed by atoms with Crippen molar-refractivity contribution in [2.24, 2.45) is 0 Å². The number of benzene rings is 1. The second-order valence-corrected chi connectivity index (χ2v) is 5.69. The second kappa shape index (κ2) is 6.64. The Bertz CT molecular complexity index is 512. The molecule has 5 nitrogen and oxygen atoms in total. The number of nitrogens with zero attached hydrogens (tertiary/aromatic N) is 1. The summed E-state index contributed by atoms with van der Waals surface area (Å²) in [6.45, 7) is 3.62. The van der Waals surface area contributed by atoms with Crippen LogP contribution in [0, 0.1) is 0 Å². The first kappa shape index (κ1) is 14.6. The predicted molar refractivity (Wildman–Crippen MR) is 82.1 cm³/mol. The van der Waals surface area contributed by atoms with Crippen molar-refractivity contribution in [1.29, 1.82) is 0 Å². The van der Waals surface area contributed by atoms with Crippen LogP contribution in [0.2, 0.25) is 5.02 Å². The van der Waals surface area contributed by atoms with Gasteiger partial charge in [-0.05, 0) is 31.0 Å². The zero-order valence-corrected chi connectivity index (χ0v) is 12.6. The highest BCUT2D eigenvalue weighted by molar-refractivity contribution is 6.31. The Balaban J connectivity index is 1.78. The SMILES string of the molecule is O=C(Nc1ccc(Cl)cc1N1CCOCC1)[C@H]1CCCO1. The summed E-state index contributed by atoms with van der Waals surface area (Å²) in [5.41, 5.74) is 1.72. The lowest BCUT2D eigenvalue weighted by Crippen LogP contribution is -2.37. The average molecular weight is 311 g/mol. The molecule has 2 aliphatic heterocycles. The molecule has 1 N–H and O–H groups in total. The predicted octanol–water partition coefficient (Wildman–Crippen LogP) is 2.29. The molecule has 1 aromatic rings. The van der Waals surface area contributed by atoms with Crippen LogP contribution in [0.4, 0.5) is 11.4 Å². The second-order valence-electron chi connectivity index (χ2n) is 5.25. The minimum absolute atomic E-state index is 0.0793. The topological polar surface area (TPSA) is 50.8 Å². The molecule has 114 valence electrons. The molecule has 2 heterocycles. The summed E-state index contributed by atoms with van der Waals surface area (Å²) < 4.78 is 10.8. The number of ether oxygens (including phenoxy) is 2. The highest BCUT2D eigenvalue weighted by Gasteiger charge is 2.25. The van der Waals surface area contributed by atoms with E-state index in [0.29, 0.717) is 24.8 Å². The van der Waals surface area contributed by atoms with Crippen LogP contribution >= 0.6 is 11.6 Å². The Morgan fingerprint density at radius 3 is 2.81 bits per heavy atom. The summed E-state index contributed by atoms with van der Waals surface area (Å²) in [5, 5.41) is 3.63. The molecular weight excluding hydrogens is 292 g/mol. The van der Waals surface area contributed by atoms with Crippen molar-refractivity contribution in [3.63, 3.8) is 0 Å². The fourth-order valence-electron chi connectivity index (χ4n) is 2.67. The largest absolute Gasteiger partial charge is 0.378 e. The van der Waals surface area contributed by atoms with Gasteiger partial charge in [-0.25, -0.2) is 0 Å². The van der Waals surface area contributed by atoms with Gasteiger partial charge in [0.05, 0.1) is 24.6 Å². The van der Waals surface area contributed by atoms with Gasteiger partial charge in [0.25, 0.3) is 5.91 Å². The van der Waals surface area contributed by atoms with Crippen molar-refractivity contribution >= 4 is 28.9 Å². The van der Waals surface area contributed by atoms with E-state index in [1.165, 1.54) is 0 Å². The van der Waals surface area contributed by atoms with Crippen molar-refractivity contribution in [2.45, 2.75) is 18.9 Å². The summed E-state index contributed by atoms with van der Waals surface area (Å²) >= 11 is 6.10. The van der Waals surface area contributed by atoms with E-state index < -0.39 is 0 Å². The molecule has 21 heavy (non-hydrogen) atoms. The Kier molecular flexibility index (Phi) is 4.63. The number of hydrogen-bond acceptors (Lipinski definition) is 4. The van der Waals surface area contributed by atoms with Gasteiger partial charge in [0.15, 0.2) is 0 Å². The van der Waals surface area contributed by atoms with Crippen LogP contribution in [0.5, 0.6) is 0 Å². The van der Waals surface area contributed by atoms with Gasteiger partial charge < -0.3 is 19.7 Å². The number of anilines is 2. The third-order valence-electron chi connectivity index (χ3n) is 3.79. The molecule has 0 aromatic heterocycles. The van der Waals surface area contributed by atoms with Crippen molar-refractivity contribution in [2.75, 3.05) is 43.1 Å². The number of hydrogen-bond donors (Lipinski definition) is 1. The minimum atomic E-state index is -0.335. The first-order valence-corrected chi connectivity index (χ1v) is 7.66. The molecule has 6 heteroatoms. The van der Waals surface area contributed by atoms with Crippen molar-refractivity contribution in [3.05, 3.63) is 23.2 Å². The van der Waals surface area contributed by atoms with Gasteiger partial charge in [-0.2, -0.15) is 0 Å². The summed E-state index contributed by atoms with van der Waals surface area (Å²) in [4.78, 5) is 14.4. The Hall–Kier alpha value is -1.30. The third-order valence-corrected chi connectivity index (χ3v) is 4.03. The standard InChI is InChI=1S/C15H19ClN2O3/c16-11-3-4-12(17-15(19)14-2-1-7-21-14)13(10-11)18-5-8-20-9-6-18/h3-4,10,14H,1-2,5-9H2,(H,17,19)/t14-/m1/s1. The molecule has 0 unspecified atom stereocenters. The number of carbonyl (C=O) groups is 1. The van der Waals surface area contributed by atoms with Crippen molar-refractivity contribution in [1.82, 2.24) is 0 Å². The molecule has 0 aliphatic carbocycles. The number of morpholine rings is 1. The van der Waals surface area contributed by atoms with E-state index >= 15 is 0 Å². The van der Waals surface area contributed by atoms with Crippen LogP contribution in [0.25, 0.3) is 0 Å². The smallest absolute Gasteiger partial charge is 0.253 e. The fraction of sp³-hybridized carbons (Fsp3) is 0.533. The van der Waals surface area contributed by atoms with Gasteiger partial charge >= 0.3 is 0 Å². The Morgan fingerprint density at radius 2 is 2.10 bits per heavy atom. The van der Waals surface area contributed by atoms with E-state index in [1.807, 2.05) is 12.1 Å². The summed E-state index contributed by atoms with van der Waals surface area (Å²) in [7, 11) is 0. The minimum Gasteiger partial charge on any atom is -0.378 e. The van der Waals surface area contributed by atoms with Crippen LogP contribution in [0.1, 0.15) is 12.8 Å². The molecule has 0 bridgehead atoms. The number of rotatable bonds is 3. The zero-order chi connectivity index (χ0) is 14.7. The van der Waals surface area contributed by atoms with Crippen LogP contribution in [-0.4, -0.2) is 44.9 Å². The van der Waals surface area contributed by atoms with E-state index in [1.54, 1.807) is 6.07 Å². The highest BCUT2D eigenvalue weighted by atomic mass is 35.5. The van der Waals surface area contributed by atoms with Gasteiger partial charge in [0.2, 0.25) is 0 Å². The molecule has 0 radical (unpaired) electrons. The molecule has 0 spiro atoms. The summed E-state index contributed by atoms with van der Waals surface area (Å²) in [6, 6.07) is 5.52. The van der Waals surface area contributed by atoms with E-state index in [0.717, 1.165) is 37.3 Å². The van der Waals surface area contributed by atoms with Crippen LogP contribution in [0.15, 0.2) is 18.2 Å². The quantitative estimate of drug-likeness (QED) is 0.930. The molecule has 1 amide bonds. The first-order valence-electron chi connectivity index (χ1n) is 7.29. The highest BCUT2D eigenvalue weighted by Crippen LogP contribution is 2.30. The van der Waals surface area contributed by atoms with E-state index in [9.17, 15) is 4.79 Å². The van der Waals surface area contributed by atoms with Crippen LogP contribution < -0.4 is 10.2 Å². The maximum atomic E-state index is 12.2. The number of nitrogens with one attached hydrogen (secondary N) is 1. The van der Waals surface area contributed by atoms with Gasteiger partial charge in [-0.15, -0.1) is 0 Å². The van der Waals surface area contributed by atoms with Crippen LogP contribution in [-0.2, 0) is 14.3 Å². The fourth-order valence-corrected chi connectivity index (χ4v) is 2.84. The Labute approximate surface area is 129 Å². The number of halogens is 1. The molecule has 2 saturated heterocycles. The van der Waals surface area contributed by atoms with Crippen molar-refractivity contribution in [3.8, 4) is 0 Å². The molecule has 3 rings (SSSR count). The Morgan fingerprint density at radius 1 is 1.29 bits per heavy atom. The number of amides is 1. The lowest BCUT2D eigenvalue weighted by molar-refractivity contribution is -0.124. The van der Waals surface area contributed by atoms with E-state index in [4.69, 9.17) is 21.1 Å². The summed E-state index contributed by atoms with van der Waals surface area (Å²) in [5.74, 6) is -0.0793. The molecule has 1 aromatic carbocycles. The normalized spacial score (nSPS) is 22.3. The summed E-state index contributed by atoms with van der Waals surface area (Å²) in [6.07, 6.45) is 1.39. The molecular formula is C15H19ClN2O3. The number of carbonyl (C=O) groups excluding carboxylic acids is 1. The zero-order valence-electron chi connectivity index (χ0n) is 11.8.